The number of rotatable bonds is 8. The molecule has 0 bridgehead atoms. The largest absolute Gasteiger partial charge is 0.465 e. The minimum absolute atomic E-state index is 0.100. The molecule has 3 N–H and O–H groups in total. The minimum Gasteiger partial charge on any atom is -0.465 e. The molecule has 1 aliphatic carbocycles. The van der Waals surface area contributed by atoms with Gasteiger partial charge >= 0.3 is 6.09 Å². The summed E-state index contributed by atoms with van der Waals surface area (Å²) in [4.78, 5) is 23.6. The Morgan fingerprint density at radius 1 is 1.14 bits per heavy atom. The van der Waals surface area contributed by atoms with E-state index in [4.69, 9.17) is 14.6 Å². The first-order chi connectivity index (χ1) is 17.1. The number of hydrogen-bond acceptors (Lipinski definition) is 5. The Morgan fingerprint density at radius 3 is 2.39 bits per heavy atom. The van der Waals surface area contributed by atoms with Crippen LogP contribution in [-0.4, -0.2) is 78.6 Å². The van der Waals surface area contributed by atoms with Gasteiger partial charge in [-0.2, -0.15) is 0 Å². The van der Waals surface area contributed by atoms with E-state index in [2.05, 4.69) is 58.0 Å². The summed E-state index contributed by atoms with van der Waals surface area (Å²) in [5.74, 6) is 0.363. The van der Waals surface area contributed by atoms with E-state index < -0.39 is 6.09 Å². The van der Waals surface area contributed by atoms with Gasteiger partial charge in [0.1, 0.15) is 0 Å². The SMILES string of the molecule is CC(C)=CCC1OC1(C)C1CCCCC12CO2.CCC.CN1CCCC1CCNC(=O)CNC(=O)O. The number of carboxylic acid groups (broad SMARTS) is 1. The molecular formula is C28H51N3O5. The van der Waals surface area contributed by atoms with Crippen LogP contribution in [0.1, 0.15) is 92.4 Å². The summed E-state index contributed by atoms with van der Waals surface area (Å²) in [6, 6.07) is 0.549. The van der Waals surface area contributed by atoms with Gasteiger partial charge in [0, 0.05) is 18.5 Å². The van der Waals surface area contributed by atoms with Crippen LogP contribution in [0.2, 0.25) is 0 Å². The maximum Gasteiger partial charge on any atom is 0.405 e. The molecule has 3 heterocycles. The van der Waals surface area contributed by atoms with E-state index >= 15 is 0 Å². The third-order valence-electron chi connectivity index (χ3n) is 7.77. The van der Waals surface area contributed by atoms with Gasteiger partial charge in [-0.05, 0) is 72.9 Å². The first-order valence-electron chi connectivity index (χ1n) is 14.0. The third kappa shape index (κ3) is 9.34. The van der Waals surface area contributed by atoms with Crippen molar-refractivity contribution in [3.63, 3.8) is 0 Å². The monoisotopic (exact) mass is 509 g/mol. The van der Waals surface area contributed by atoms with E-state index in [-0.39, 0.29) is 23.7 Å². The van der Waals surface area contributed by atoms with Gasteiger partial charge in [-0.15, -0.1) is 0 Å². The van der Waals surface area contributed by atoms with Gasteiger partial charge in [-0.1, -0.05) is 44.8 Å². The number of hydrogen-bond donors (Lipinski definition) is 3. The molecule has 208 valence electrons. The fraction of sp³-hybridized carbons (Fsp3) is 0.857. The van der Waals surface area contributed by atoms with Gasteiger partial charge in [0.2, 0.25) is 5.91 Å². The Morgan fingerprint density at radius 2 is 1.83 bits per heavy atom. The standard InChI is InChI=1S/C15H24O2.C10H19N3O3.C3H8/c1-11(2)7-8-13-14(3,17-13)12-6-4-5-9-15(12)10-16-15;1-13-6-2-3-8(13)4-5-11-9(14)7-12-10(15)16;1-3-2/h7,12-13H,4-6,8-10H2,1-3H3;8,12H,2-7H2,1H3,(H,11,14)(H,15,16);3H2,1-2H3. The molecule has 0 radical (unpaired) electrons. The number of nitrogens with one attached hydrogen (secondary N) is 2. The van der Waals surface area contributed by atoms with Crippen molar-refractivity contribution in [2.24, 2.45) is 5.92 Å². The zero-order valence-corrected chi connectivity index (χ0v) is 23.5. The average Bonchev–Trinajstić information content (AvgIpc) is 3.69. The van der Waals surface area contributed by atoms with Crippen molar-refractivity contribution >= 4 is 12.0 Å². The maximum atomic E-state index is 11.2. The van der Waals surface area contributed by atoms with Crippen molar-refractivity contribution in [1.29, 1.82) is 0 Å². The van der Waals surface area contributed by atoms with Crippen LogP contribution in [0.5, 0.6) is 0 Å². The number of ether oxygens (including phenoxy) is 2. The molecule has 0 aromatic heterocycles. The van der Waals surface area contributed by atoms with E-state index in [9.17, 15) is 9.59 Å². The number of allylic oxidation sites excluding steroid dienone is 1. The summed E-state index contributed by atoms with van der Waals surface area (Å²) >= 11 is 0. The van der Waals surface area contributed by atoms with E-state index in [0.29, 0.717) is 24.6 Å². The topological polar surface area (TPSA) is 107 Å². The molecule has 2 amide bonds. The lowest BCUT2D eigenvalue weighted by Gasteiger charge is -2.32. The van der Waals surface area contributed by atoms with E-state index in [1.165, 1.54) is 50.5 Å². The third-order valence-corrected chi connectivity index (χ3v) is 7.77. The molecule has 36 heavy (non-hydrogen) atoms. The van der Waals surface area contributed by atoms with Crippen LogP contribution in [0.25, 0.3) is 0 Å². The van der Waals surface area contributed by atoms with E-state index in [0.717, 1.165) is 26.0 Å². The van der Waals surface area contributed by atoms with Gasteiger partial charge in [0.15, 0.2) is 0 Å². The number of likely N-dealkylation sites (tertiary alicyclic amines) is 1. The number of epoxide rings is 2. The molecule has 4 rings (SSSR count). The molecule has 0 aromatic rings. The lowest BCUT2D eigenvalue weighted by atomic mass is 9.71. The van der Waals surface area contributed by atoms with Crippen molar-refractivity contribution in [3.05, 3.63) is 11.6 Å². The normalized spacial score (nSPS) is 32.3. The molecule has 0 aromatic carbocycles. The number of carbonyl (C=O) groups is 2. The second-order valence-corrected chi connectivity index (χ2v) is 11.2. The minimum atomic E-state index is -1.18. The lowest BCUT2D eigenvalue weighted by molar-refractivity contribution is -0.120. The van der Waals surface area contributed by atoms with Crippen LogP contribution in [-0.2, 0) is 14.3 Å². The summed E-state index contributed by atoms with van der Waals surface area (Å²) in [6.07, 6.45) is 12.4. The lowest BCUT2D eigenvalue weighted by Crippen LogP contribution is -2.39. The summed E-state index contributed by atoms with van der Waals surface area (Å²) in [7, 11) is 2.09. The fourth-order valence-corrected chi connectivity index (χ4v) is 5.60. The molecular weight excluding hydrogens is 458 g/mol. The first-order valence-corrected chi connectivity index (χ1v) is 14.0. The van der Waals surface area contributed by atoms with Crippen molar-refractivity contribution in [1.82, 2.24) is 15.5 Å². The van der Waals surface area contributed by atoms with Crippen LogP contribution in [0.15, 0.2) is 11.6 Å². The molecule has 1 saturated carbocycles. The highest BCUT2D eigenvalue weighted by Crippen LogP contribution is 2.58. The highest BCUT2D eigenvalue weighted by molar-refractivity contribution is 5.81. The molecule has 4 aliphatic rings. The van der Waals surface area contributed by atoms with E-state index in [1.807, 2.05) is 5.32 Å². The molecule has 5 atom stereocenters. The summed E-state index contributed by atoms with van der Waals surface area (Å²) in [5, 5.41) is 13.0. The quantitative estimate of drug-likeness (QED) is 0.323. The molecule has 3 aliphatic heterocycles. The smallest absolute Gasteiger partial charge is 0.405 e. The molecule has 8 nitrogen and oxygen atoms in total. The molecule has 4 fully saturated rings. The van der Waals surface area contributed by atoms with Crippen LogP contribution >= 0.6 is 0 Å². The Kier molecular flexibility index (Phi) is 12.2. The molecule has 1 spiro atoms. The highest BCUT2D eigenvalue weighted by Gasteiger charge is 2.67. The van der Waals surface area contributed by atoms with Gasteiger partial charge in [0.05, 0.1) is 30.5 Å². The predicted molar refractivity (Wildman–Crippen MR) is 143 cm³/mol. The zero-order chi connectivity index (χ0) is 26.8. The van der Waals surface area contributed by atoms with Gasteiger partial charge in [-0.3, -0.25) is 4.79 Å². The van der Waals surface area contributed by atoms with Crippen LogP contribution in [0, 0.1) is 5.92 Å². The Labute approximate surface area is 218 Å². The van der Waals surface area contributed by atoms with Gasteiger partial charge < -0.3 is 30.1 Å². The van der Waals surface area contributed by atoms with Crippen LogP contribution in [0.3, 0.4) is 0 Å². The van der Waals surface area contributed by atoms with Gasteiger partial charge in [-0.25, -0.2) is 4.79 Å². The summed E-state index contributed by atoms with van der Waals surface area (Å²) in [5.41, 5.74) is 1.71. The predicted octanol–water partition coefficient (Wildman–Crippen LogP) is 4.73. The highest BCUT2D eigenvalue weighted by atomic mass is 16.6. The van der Waals surface area contributed by atoms with Crippen molar-refractivity contribution in [2.45, 2.75) is 116 Å². The number of carbonyl (C=O) groups excluding carboxylic acids is 1. The summed E-state index contributed by atoms with van der Waals surface area (Å²) < 4.78 is 11.8. The Balaban J connectivity index is 0.000000229. The van der Waals surface area contributed by atoms with Gasteiger partial charge in [0.25, 0.3) is 0 Å². The molecule has 8 heteroatoms. The Bertz CT molecular complexity index is 735. The summed E-state index contributed by atoms with van der Waals surface area (Å²) in [6.45, 7) is 13.4. The fourth-order valence-electron chi connectivity index (χ4n) is 5.60. The molecule has 3 saturated heterocycles. The molecule has 5 unspecified atom stereocenters. The van der Waals surface area contributed by atoms with Crippen molar-refractivity contribution in [3.8, 4) is 0 Å². The number of amides is 2. The van der Waals surface area contributed by atoms with Crippen molar-refractivity contribution < 1.29 is 24.2 Å². The first kappa shape index (κ1) is 30.6. The van der Waals surface area contributed by atoms with Crippen LogP contribution < -0.4 is 10.6 Å². The van der Waals surface area contributed by atoms with Crippen LogP contribution in [0.4, 0.5) is 4.79 Å². The second kappa shape index (κ2) is 14.3. The Hall–Kier alpha value is -1.64. The average molecular weight is 510 g/mol. The van der Waals surface area contributed by atoms with E-state index in [1.54, 1.807) is 0 Å². The van der Waals surface area contributed by atoms with Crippen molar-refractivity contribution in [2.75, 3.05) is 33.3 Å². The second-order valence-electron chi connectivity index (χ2n) is 11.2. The maximum absolute atomic E-state index is 11.2. The number of nitrogens with zero attached hydrogens (tertiary/aromatic N) is 1. The zero-order valence-electron chi connectivity index (χ0n) is 23.5.